The summed E-state index contributed by atoms with van der Waals surface area (Å²) in [7, 11) is 4.46. The van der Waals surface area contributed by atoms with Crippen LogP contribution in [0.5, 0.6) is 0 Å². The van der Waals surface area contributed by atoms with Crippen LogP contribution < -0.4 is 10.9 Å². The average molecular weight is 687 g/mol. The molecule has 50 heavy (non-hydrogen) atoms. The Balaban J connectivity index is 0.000000253. The number of piperidine rings is 2. The highest BCUT2D eigenvalue weighted by Gasteiger charge is 2.28. The number of aromatic amines is 2. The van der Waals surface area contributed by atoms with Crippen molar-refractivity contribution in [2.45, 2.75) is 83.7 Å². The standard InChI is InChI=1S/C26H29N5O3.C11H23N3.C2H6/c1-16-10-17(11-20-14-27-30-24(16)20)12-21(15-32)28-26(34)31-8-6-18(7-9-31)22-13-19-4-2-3-5-23(19)29-25(22)33;1-12-5-3-11(4-6-12)14-9-7-13(2)8-10-14;1-2/h2,4,10-11,13-15,18,21H,3,5-9,12H2,1H3,(H,27,30)(H,28,34)(H,29,33);11H,3-10H2,1-2H3;1-2H3. The van der Waals surface area contributed by atoms with E-state index in [0.29, 0.717) is 19.5 Å². The number of amides is 2. The van der Waals surface area contributed by atoms with Gasteiger partial charge in [0.25, 0.3) is 5.56 Å². The SMILES string of the molecule is CC.CN1CCC(N2CCN(C)CC2)CC1.Cc1cc(CC(C=O)NC(=O)N2CCC(c3cc4c([nH]c3=O)CCC=C4)CC2)cc2cn[nH]c12. The molecular weight excluding hydrogens is 628 g/mol. The minimum atomic E-state index is -0.607. The van der Waals surface area contributed by atoms with E-state index in [1.165, 1.54) is 52.1 Å². The summed E-state index contributed by atoms with van der Waals surface area (Å²) in [5.74, 6) is 0.125. The van der Waals surface area contributed by atoms with Gasteiger partial charge in [0.05, 0.1) is 17.8 Å². The number of pyridine rings is 1. The number of allylic oxidation sites excluding steroid dienone is 1. The summed E-state index contributed by atoms with van der Waals surface area (Å²) in [5, 5.41) is 10.9. The summed E-state index contributed by atoms with van der Waals surface area (Å²) in [6.45, 7) is 14.7. The fraction of sp³-hybridized carbons (Fsp3) is 0.590. The number of nitrogens with zero attached hydrogens (tertiary/aromatic N) is 5. The van der Waals surface area contributed by atoms with E-state index in [1.807, 2.05) is 39.0 Å². The van der Waals surface area contributed by atoms with E-state index in [4.69, 9.17) is 0 Å². The summed E-state index contributed by atoms with van der Waals surface area (Å²) in [6, 6.07) is 6.06. The summed E-state index contributed by atoms with van der Waals surface area (Å²) < 4.78 is 0. The Labute approximate surface area is 297 Å². The molecule has 1 atom stereocenters. The first-order valence-corrected chi connectivity index (χ1v) is 18.7. The van der Waals surface area contributed by atoms with E-state index in [1.54, 1.807) is 11.1 Å². The van der Waals surface area contributed by atoms with Gasteiger partial charge < -0.3 is 29.8 Å². The maximum atomic E-state index is 12.9. The van der Waals surface area contributed by atoms with Gasteiger partial charge in [-0.25, -0.2) is 4.79 Å². The van der Waals surface area contributed by atoms with Crippen LogP contribution in [0.15, 0.2) is 35.3 Å². The quantitative estimate of drug-likeness (QED) is 0.325. The Morgan fingerprint density at radius 2 is 1.68 bits per heavy atom. The fourth-order valence-corrected chi connectivity index (χ4v) is 7.71. The molecule has 7 rings (SSSR count). The number of H-pyrrole nitrogens is 2. The van der Waals surface area contributed by atoms with Gasteiger partial charge in [-0.05, 0) is 114 Å². The van der Waals surface area contributed by atoms with Crippen LogP contribution >= 0.6 is 0 Å². The minimum Gasteiger partial charge on any atom is -0.328 e. The Bertz CT molecular complexity index is 1620. The topological polar surface area (TPSA) is 121 Å². The molecule has 1 aliphatic carbocycles. The van der Waals surface area contributed by atoms with Crippen LogP contribution in [0.25, 0.3) is 17.0 Å². The van der Waals surface area contributed by atoms with Crippen LogP contribution in [-0.2, 0) is 17.6 Å². The van der Waals surface area contributed by atoms with Gasteiger partial charge in [0.2, 0.25) is 0 Å². The average Bonchev–Trinajstić information content (AvgIpc) is 3.62. The largest absolute Gasteiger partial charge is 0.328 e. The number of hydrogen-bond acceptors (Lipinski definition) is 7. The molecule has 11 nitrogen and oxygen atoms in total. The third-order valence-electron chi connectivity index (χ3n) is 10.7. The number of carbonyl (C=O) groups is 2. The molecule has 0 bridgehead atoms. The number of piperazine rings is 1. The molecule has 0 radical (unpaired) electrons. The molecule has 0 spiro atoms. The van der Waals surface area contributed by atoms with Crippen molar-refractivity contribution in [2.24, 2.45) is 0 Å². The van der Waals surface area contributed by atoms with Gasteiger partial charge in [-0.2, -0.15) is 5.10 Å². The van der Waals surface area contributed by atoms with Gasteiger partial charge in [0.15, 0.2) is 0 Å². The van der Waals surface area contributed by atoms with E-state index in [-0.39, 0.29) is 17.5 Å². The molecule has 2 amide bonds. The highest BCUT2D eigenvalue weighted by molar-refractivity contribution is 5.82. The number of fused-ring (bicyclic) bond motifs is 2. The molecular formula is C39H58N8O3. The first-order valence-electron chi connectivity index (χ1n) is 18.7. The molecule has 3 aromatic rings. The number of rotatable bonds is 6. The van der Waals surface area contributed by atoms with Crippen LogP contribution in [0.1, 0.15) is 79.8 Å². The molecule has 3 aliphatic heterocycles. The van der Waals surface area contributed by atoms with Crippen molar-refractivity contribution in [3.63, 3.8) is 0 Å². The maximum absolute atomic E-state index is 12.9. The van der Waals surface area contributed by atoms with Crippen molar-refractivity contribution in [3.8, 4) is 0 Å². The zero-order chi connectivity index (χ0) is 35.6. The molecule has 0 saturated carbocycles. The molecule has 272 valence electrons. The zero-order valence-electron chi connectivity index (χ0n) is 30.8. The Hall–Kier alpha value is -3.80. The summed E-state index contributed by atoms with van der Waals surface area (Å²) in [6.07, 6.45) is 13.2. The fourth-order valence-electron chi connectivity index (χ4n) is 7.71. The van der Waals surface area contributed by atoms with Crippen LogP contribution in [0.4, 0.5) is 4.79 Å². The Morgan fingerprint density at radius 3 is 2.38 bits per heavy atom. The lowest BCUT2D eigenvalue weighted by Gasteiger charge is -2.41. The molecule has 11 heteroatoms. The Morgan fingerprint density at radius 1 is 0.980 bits per heavy atom. The van der Waals surface area contributed by atoms with Crippen LogP contribution in [0, 0.1) is 6.92 Å². The molecule has 3 fully saturated rings. The normalized spacial score (nSPS) is 19.9. The number of urea groups is 1. The van der Waals surface area contributed by atoms with Crippen molar-refractivity contribution in [3.05, 3.63) is 68.8 Å². The second-order valence-electron chi connectivity index (χ2n) is 14.2. The van der Waals surface area contributed by atoms with Crippen molar-refractivity contribution in [1.82, 2.24) is 40.1 Å². The molecule has 3 N–H and O–H groups in total. The van der Waals surface area contributed by atoms with E-state index in [2.05, 4.69) is 61.4 Å². The van der Waals surface area contributed by atoms with E-state index in [0.717, 1.165) is 76.9 Å². The molecule has 3 saturated heterocycles. The lowest BCUT2D eigenvalue weighted by Crippen LogP contribution is -2.51. The van der Waals surface area contributed by atoms with E-state index in [9.17, 15) is 14.4 Å². The van der Waals surface area contributed by atoms with Gasteiger partial charge in [-0.15, -0.1) is 0 Å². The number of aldehydes is 1. The molecule has 1 aromatic carbocycles. The zero-order valence-corrected chi connectivity index (χ0v) is 30.8. The third kappa shape index (κ3) is 9.50. The third-order valence-corrected chi connectivity index (χ3v) is 10.7. The first-order chi connectivity index (χ1) is 24.3. The van der Waals surface area contributed by atoms with Crippen LogP contribution in [0.3, 0.4) is 0 Å². The number of nitrogens with one attached hydrogen (secondary N) is 3. The van der Waals surface area contributed by atoms with Gasteiger partial charge >= 0.3 is 6.03 Å². The smallest absolute Gasteiger partial charge is 0.317 e. The minimum absolute atomic E-state index is 0.0112. The lowest BCUT2D eigenvalue weighted by molar-refractivity contribution is -0.109. The number of likely N-dealkylation sites (tertiary alicyclic amines) is 2. The first kappa shape index (κ1) is 37.5. The predicted octanol–water partition coefficient (Wildman–Crippen LogP) is 4.57. The second-order valence-corrected chi connectivity index (χ2v) is 14.2. The maximum Gasteiger partial charge on any atom is 0.317 e. The van der Waals surface area contributed by atoms with Crippen molar-refractivity contribution in [2.75, 3.05) is 66.5 Å². The number of carbonyl (C=O) groups excluding carboxylic acids is 2. The lowest BCUT2D eigenvalue weighted by atomic mass is 9.88. The summed E-state index contributed by atoms with van der Waals surface area (Å²) in [5.41, 5.74) is 5.91. The van der Waals surface area contributed by atoms with Gasteiger partial charge in [-0.3, -0.25) is 14.8 Å². The van der Waals surface area contributed by atoms with E-state index < -0.39 is 6.04 Å². The highest BCUT2D eigenvalue weighted by atomic mass is 16.2. The Kier molecular flexibility index (Phi) is 13.4. The predicted molar refractivity (Wildman–Crippen MR) is 202 cm³/mol. The number of benzene rings is 1. The molecule has 1 unspecified atom stereocenters. The van der Waals surface area contributed by atoms with Crippen molar-refractivity contribution >= 4 is 29.3 Å². The second kappa shape index (κ2) is 17.9. The van der Waals surface area contributed by atoms with Gasteiger partial charge in [-0.1, -0.05) is 32.1 Å². The number of aryl methyl sites for hydroxylation is 2. The van der Waals surface area contributed by atoms with Crippen LogP contribution in [-0.4, -0.2) is 126 Å². The highest BCUT2D eigenvalue weighted by Crippen LogP contribution is 2.28. The van der Waals surface area contributed by atoms with Crippen molar-refractivity contribution < 1.29 is 9.59 Å². The van der Waals surface area contributed by atoms with Crippen LogP contribution in [0.2, 0.25) is 0 Å². The van der Waals surface area contributed by atoms with Crippen molar-refractivity contribution in [1.29, 1.82) is 0 Å². The number of hydrogen-bond donors (Lipinski definition) is 3. The van der Waals surface area contributed by atoms with Gasteiger partial charge in [0, 0.05) is 62.0 Å². The molecule has 4 aliphatic rings. The molecule has 2 aromatic heterocycles. The summed E-state index contributed by atoms with van der Waals surface area (Å²) >= 11 is 0. The summed E-state index contributed by atoms with van der Waals surface area (Å²) in [4.78, 5) is 49.6. The number of aromatic nitrogens is 3. The monoisotopic (exact) mass is 686 g/mol. The number of likely N-dealkylation sites (N-methyl/N-ethyl adjacent to an activating group) is 1. The van der Waals surface area contributed by atoms with E-state index >= 15 is 0 Å². The van der Waals surface area contributed by atoms with Gasteiger partial charge in [0.1, 0.15) is 6.29 Å². The molecule has 5 heterocycles.